The number of amides is 1. The predicted molar refractivity (Wildman–Crippen MR) is 73.9 cm³/mol. The fraction of sp³-hybridized carbons (Fsp3) is 0.562. The van der Waals surface area contributed by atoms with E-state index >= 15 is 0 Å². The number of ether oxygens (including phenoxy) is 1. The summed E-state index contributed by atoms with van der Waals surface area (Å²) in [7, 11) is 0. The lowest BCUT2D eigenvalue weighted by Crippen LogP contribution is -2.49. The minimum Gasteiger partial charge on any atom is -0.378 e. The molecule has 0 bridgehead atoms. The average molecular weight is 277 g/mol. The number of nitrogens with zero attached hydrogens (tertiary/aromatic N) is 1. The van der Waals surface area contributed by atoms with Crippen LogP contribution in [0, 0.1) is 5.82 Å². The molecule has 1 aliphatic heterocycles. The van der Waals surface area contributed by atoms with E-state index in [1.165, 1.54) is 12.1 Å². The van der Waals surface area contributed by atoms with Crippen LogP contribution in [-0.2, 0) is 14.9 Å². The number of carbonyl (C=O) groups is 1. The van der Waals surface area contributed by atoms with Crippen LogP contribution in [0.1, 0.15) is 31.2 Å². The Balaban J connectivity index is 1.90. The molecule has 20 heavy (non-hydrogen) atoms. The van der Waals surface area contributed by atoms with Gasteiger partial charge in [0.05, 0.1) is 18.6 Å². The van der Waals surface area contributed by atoms with Gasteiger partial charge in [0, 0.05) is 13.1 Å². The van der Waals surface area contributed by atoms with Gasteiger partial charge in [0.25, 0.3) is 0 Å². The maximum absolute atomic E-state index is 13.1. The van der Waals surface area contributed by atoms with Crippen molar-refractivity contribution in [3.05, 3.63) is 35.6 Å². The Morgan fingerprint density at radius 2 is 1.70 bits per heavy atom. The summed E-state index contributed by atoms with van der Waals surface area (Å²) in [5.74, 6) is -0.0503. The van der Waals surface area contributed by atoms with Gasteiger partial charge >= 0.3 is 0 Å². The summed E-state index contributed by atoms with van der Waals surface area (Å²) in [6.07, 6.45) is 3.87. The van der Waals surface area contributed by atoms with E-state index in [1.54, 1.807) is 12.1 Å². The van der Waals surface area contributed by atoms with Gasteiger partial charge in [-0.25, -0.2) is 4.39 Å². The van der Waals surface area contributed by atoms with E-state index in [2.05, 4.69) is 0 Å². The molecule has 2 fully saturated rings. The van der Waals surface area contributed by atoms with Gasteiger partial charge in [-0.3, -0.25) is 4.79 Å². The van der Waals surface area contributed by atoms with Crippen molar-refractivity contribution in [3.8, 4) is 0 Å². The third-order valence-electron chi connectivity index (χ3n) is 4.56. The SMILES string of the molecule is O=C(N1CCOCC1)C1(c2ccc(F)cc2)CCCC1. The van der Waals surface area contributed by atoms with Crippen LogP contribution < -0.4 is 0 Å². The molecular formula is C16H20FNO2. The molecule has 2 aliphatic rings. The van der Waals surface area contributed by atoms with E-state index in [0.29, 0.717) is 26.3 Å². The zero-order valence-corrected chi connectivity index (χ0v) is 11.6. The molecule has 3 rings (SSSR count). The summed E-state index contributed by atoms with van der Waals surface area (Å²) in [6.45, 7) is 2.57. The molecule has 1 saturated heterocycles. The maximum atomic E-state index is 13.1. The third kappa shape index (κ3) is 2.33. The second-order valence-corrected chi connectivity index (χ2v) is 5.70. The highest BCUT2D eigenvalue weighted by molar-refractivity contribution is 5.88. The summed E-state index contributed by atoms with van der Waals surface area (Å²) in [4.78, 5) is 14.9. The first kappa shape index (κ1) is 13.6. The molecule has 1 amide bonds. The Hall–Kier alpha value is -1.42. The Bertz CT molecular complexity index is 474. The van der Waals surface area contributed by atoms with Crippen LogP contribution in [0.15, 0.2) is 24.3 Å². The van der Waals surface area contributed by atoms with Crippen LogP contribution in [0.4, 0.5) is 4.39 Å². The molecule has 0 aromatic heterocycles. The highest BCUT2D eigenvalue weighted by Crippen LogP contribution is 2.42. The average Bonchev–Trinajstić information content (AvgIpc) is 2.99. The molecule has 1 saturated carbocycles. The zero-order chi connectivity index (χ0) is 14.0. The van der Waals surface area contributed by atoms with Crippen molar-refractivity contribution in [1.82, 2.24) is 4.90 Å². The van der Waals surface area contributed by atoms with E-state index < -0.39 is 5.41 Å². The monoisotopic (exact) mass is 277 g/mol. The quantitative estimate of drug-likeness (QED) is 0.831. The summed E-state index contributed by atoms with van der Waals surface area (Å²) in [5.41, 5.74) is 0.526. The molecule has 1 aliphatic carbocycles. The molecule has 3 nitrogen and oxygen atoms in total. The Morgan fingerprint density at radius 3 is 2.30 bits per heavy atom. The molecule has 0 N–H and O–H groups in total. The second kappa shape index (κ2) is 5.52. The van der Waals surface area contributed by atoms with E-state index in [0.717, 1.165) is 31.2 Å². The molecule has 4 heteroatoms. The molecule has 0 spiro atoms. The van der Waals surface area contributed by atoms with Crippen LogP contribution >= 0.6 is 0 Å². The van der Waals surface area contributed by atoms with Crippen LogP contribution in [0.3, 0.4) is 0 Å². The molecule has 0 radical (unpaired) electrons. The van der Waals surface area contributed by atoms with Crippen molar-refractivity contribution in [2.75, 3.05) is 26.3 Å². The van der Waals surface area contributed by atoms with E-state index in [1.807, 2.05) is 4.90 Å². The minimum atomic E-state index is -0.439. The molecular weight excluding hydrogens is 257 g/mol. The minimum absolute atomic E-state index is 0.199. The predicted octanol–water partition coefficient (Wildman–Crippen LogP) is 2.50. The Labute approximate surface area is 118 Å². The number of morpholine rings is 1. The van der Waals surface area contributed by atoms with Gasteiger partial charge in [-0.15, -0.1) is 0 Å². The number of benzene rings is 1. The van der Waals surface area contributed by atoms with Crippen LogP contribution in [0.2, 0.25) is 0 Å². The topological polar surface area (TPSA) is 29.5 Å². The first-order valence-electron chi connectivity index (χ1n) is 7.35. The standard InChI is InChI=1S/C16H20FNO2/c17-14-5-3-13(4-6-14)16(7-1-2-8-16)15(19)18-9-11-20-12-10-18/h3-6H,1-2,7-12H2. The van der Waals surface area contributed by atoms with Crippen molar-refractivity contribution in [2.24, 2.45) is 0 Å². The van der Waals surface area contributed by atoms with Gasteiger partial charge < -0.3 is 9.64 Å². The van der Waals surface area contributed by atoms with E-state index in [-0.39, 0.29) is 11.7 Å². The third-order valence-corrected chi connectivity index (χ3v) is 4.56. The molecule has 0 unspecified atom stereocenters. The van der Waals surface area contributed by atoms with Gasteiger partial charge in [-0.05, 0) is 30.5 Å². The molecule has 1 aromatic carbocycles. The number of hydrogen-bond donors (Lipinski definition) is 0. The van der Waals surface area contributed by atoms with E-state index in [4.69, 9.17) is 4.74 Å². The number of hydrogen-bond acceptors (Lipinski definition) is 2. The van der Waals surface area contributed by atoms with Crippen molar-refractivity contribution in [2.45, 2.75) is 31.1 Å². The van der Waals surface area contributed by atoms with Gasteiger partial charge in [0.1, 0.15) is 5.82 Å². The maximum Gasteiger partial charge on any atom is 0.233 e. The van der Waals surface area contributed by atoms with Crippen LogP contribution in [0.5, 0.6) is 0 Å². The van der Waals surface area contributed by atoms with Crippen LogP contribution in [0.25, 0.3) is 0 Å². The summed E-state index contributed by atoms with van der Waals surface area (Å²) in [5, 5.41) is 0. The number of rotatable bonds is 2. The number of carbonyl (C=O) groups excluding carboxylic acids is 1. The van der Waals surface area contributed by atoms with Crippen molar-refractivity contribution >= 4 is 5.91 Å². The zero-order valence-electron chi connectivity index (χ0n) is 11.6. The highest BCUT2D eigenvalue weighted by Gasteiger charge is 2.45. The van der Waals surface area contributed by atoms with Crippen LogP contribution in [-0.4, -0.2) is 37.1 Å². The summed E-state index contributed by atoms with van der Waals surface area (Å²) in [6, 6.07) is 6.47. The smallest absolute Gasteiger partial charge is 0.233 e. The van der Waals surface area contributed by atoms with Gasteiger partial charge in [-0.2, -0.15) is 0 Å². The Morgan fingerprint density at radius 1 is 1.10 bits per heavy atom. The Kier molecular flexibility index (Phi) is 3.74. The summed E-state index contributed by atoms with van der Waals surface area (Å²) < 4.78 is 18.5. The molecule has 108 valence electrons. The molecule has 0 atom stereocenters. The fourth-order valence-corrected chi connectivity index (χ4v) is 3.44. The first-order valence-corrected chi connectivity index (χ1v) is 7.35. The first-order chi connectivity index (χ1) is 9.72. The highest BCUT2D eigenvalue weighted by atomic mass is 19.1. The van der Waals surface area contributed by atoms with Gasteiger partial charge in [0.15, 0.2) is 0 Å². The fourth-order valence-electron chi connectivity index (χ4n) is 3.44. The molecule has 1 heterocycles. The lowest BCUT2D eigenvalue weighted by Gasteiger charge is -2.36. The normalized spacial score (nSPS) is 21.9. The van der Waals surface area contributed by atoms with Crippen molar-refractivity contribution in [1.29, 1.82) is 0 Å². The van der Waals surface area contributed by atoms with Crippen molar-refractivity contribution in [3.63, 3.8) is 0 Å². The van der Waals surface area contributed by atoms with Gasteiger partial charge in [0.2, 0.25) is 5.91 Å². The second-order valence-electron chi connectivity index (χ2n) is 5.70. The number of halogens is 1. The summed E-state index contributed by atoms with van der Waals surface area (Å²) >= 11 is 0. The lowest BCUT2D eigenvalue weighted by atomic mass is 9.77. The van der Waals surface area contributed by atoms with Gasteiger partial charge in [-0.1, -0.05) is 25.0 Å². The molecule has 1 aromatic rings. The largest absolute Gasteiger partial charge is 0.378 e. The lowest BCUT2D eigenvalue weighted by molar-refractivity contribution is -0.141. The van der Waals surface area contributed by atoms with E-state index in [9.17, 15) is 9.18 Å². The van der Waals surface area contributed by atoms with Crippen molar-refractivity contribution < 1.29 is 13.9 Å².